The normalized spacial score (nSPS) is 11.4. The molecule has 6 heteroatoms. The summed E-state index contributed by atoms with van der Waals surface area (Å²) in [6.07, 6.45) is 2.66. The second-order valence-electron chi connectivity index (χ2n) is 8.89. The quantitative estimate of drug-likeness (QED) is 0.105. The van der Waals surface area contributed by atoms with Crippen LogP contribution in [-0.4, -0.2) is 11.1 Å². The number of hydrogen-bond acceptors (Lipinski definition) is 4. The lowest BCUT2D eigenvalue weighted by Gasteiger charge is -2.27. The summed E-state index contributed by atoms with van der Waals surface area (Å²) in [5.41, 5.74) is 5.89. The second-order valence-corrected chi connectivity index (χ2v) is 12.4. The van der Waals surface area contributed by atoms with Crippen LogP contribution >= 0.6 is 7.26 Å². The van der Waals surface area contributed by atoms with Crippen molar-refractivity contribution in [3.63, 3.8) is 0 Å². The highest BCUT2D eigenvalue weighted by atomic mass is 31.2. The highest BCUT2D eigenvalue weighted by Crippen LogP contribution is 2.58. The minimum absolute atomic E-state index is 0.0514. The van der Waals surface area contributed by atoms with Gasteiger partial charge in [-0.1, -0.05) is 78.9 Å². The smallest absolute Gasteiger partial charge is 0.269 e. The number of rotatable bonds is 9. The van der Waals surface area contributed by atoms with Crippen molar-refractivity contribution in [3.8, 4) is 0 Å². The van der Waals surface area contributed by atoms with Crippen LogP contribution in [0.3, 0.4) is 0 Å². The molecule has 38 heavy (non-hydrogen) atoms. The van der Waals surface area contributed by atoms with Crippen LogP contribution in [0.15, 0.2) is 145 Å². The number of anilines is 1. The number of hydrogen-bond donors (Lipinski definition) is 1. The number of non-ortho nitro benzene ring substituents is 1. The van der Waals surface area contributed by atoms with Gasteiger partial charge in [-0.25, -0.2) is 0 Å². The summed E-state index contributed by atoms with van der Waals surface area (Å²) in [5.74, 6) is 0. The Bertz CT molecular complexity index is 1410. The van der Waals surface area contributed by atoms with Crippen LogP contribution in [0.4, 0.5) is 11.4 Å². The van der Waals surface area contributed by atoms with Crippen LogP contribution in [0.1, 0.15) is 11.1 Å². The third kappa shape index (κ3) is 5.54. The average Bonchev–Trinajstić information content (AvgIpc) is 2.98. The van der Waals surface area contributed by atoms with E-state index in [2.05, 4.69) is 126 Å². The predicted octanol–water partition coefficient (Wildman–Crippen LogP) is 6.53. The first-order valence-electron chi connectivity index (χ1n) is 12.3. The zero-order valence-electron chi connectivity index (χ0n) is 20.7. The fourth-order valence-electron chi connectivity index (χ4n) is 4.59. The van der Waals surface area contributed by atoms with Gasteiger partial charge in [0.15, 0.2) is 0 Å². The molecule has 0 amide bonds. The Balaban J connectivity index is 1.43. The number of nitrogens with one attached hydrogen (secondary N) is 1. The van der Waals surface area contributed by atoms with Gasteiger partial charge in [0.25, 0.3) is 5.69 Å². The highest BCUT2D eigenvalue weighted by Gasteiger charge is 2.45. The molecule has 0 spiro atoms. The summed E-state index contributed by atoms with van der Waals surface area (Å²) in [6.45, 7) is 0. The van der Waals surface area contributed by atoms with E-state index in [9.17, 15) is 10.1 Å². The molecule has 0 aliphatic carbocycles. The van der Waals surface area contributed by atoms with Gasteiger partial charge in [0.05, 0.1) is 23.0 Å². The molecule has 5 aromatic rings. The molecule has 0 aliphatic heterocycles. The SMILES string of the molecule is O=[N+]([O-])c1ccc(N/N=C/c2ccc(C[P+](c3ccccc3)(c3ccccc3)c3ccccc3)cc2)cc1. The fourth-order valence-corrected chi connectivity index (χ4v) is 8.83. The maximum Gasteiger partial charge on any atom is 0.269 e. The van der Waals surface area contributed by atoms with Gasteiger partial charge in [-0.2, -0.15) is 5.10 Å². The number of nitro groups is 1. The Morgan fingerprint density at radius 3 is 1.58 bits per heavy atom. The maximum atomic E-state index is 10.8. The van der Waals surface area contributed by atoms with Crippen molar-refractivity contribution < 1.29 is 4.92 Å². The van der Waals surface area contributed by atoms with E-state index in [1.807, 2.05) is 0 Å². The molecule has 0 aliphatic rings. The van der Waals surface area contributed by atoms with Crippen molar-refractivity contribution in [2.24, 2.45) is 5.10 Å². The Morgan fingerprint density at radius 2 is 1.13 bits per heavy atom. The topological polar surface area (TPSA) is 67.5 Å². The van der Waals surface area contributed by atoms with E-state index in [1.165, 1.54) is 33.6 Å². The standard InChI is InChI=1S/C32H27N3O2P/c36-35(37)29-22-20-28(21-23-29)34-33-24-26-16-18-27(19-17-26)25-38(30-10-4-1-5-11-30,31-12-6-2-7-13-31)32-14-8-3-9-15-32/h1-24,34H,25H2/q+1/b33-24+. The Kier molecular flexibility index (Phi) is 7.67. The summed E-state index contributed by atoms with van der Waals surface area (Å²) >= 11 is 0. The molecule has 0 saturated carbocycles. The zero-order chi connectivity index (χ0) is 26.2. The van der Waals surface area contributed by atoms with Gasteiger partial charge in [-0.3, -0.25) is 15.5 Å². The van der Waals surface area contributed by atoms with E-state index in [4.69, 9.17) is 0 Å². The summed E-state index contributed by atoms with van der Waals surface area (Å²) in [5, 5.41) is 19.2. The van der Waals surface area contributed by atoms with Crippen molar-refractivity contribution in [2.45, 2.75) is 6.16 Å². The first-order valence-corrected chi connectivity index (χ1v) is 14.3. The van der Waals surface area contributed by atoms with E-state index in [0.29, 0.717) is 5.69 Å². The second kappa shape index (κ2) is 11.6. The van der Waals surface area contributed by atoms with Gasteiger partial charge in [-0.05, 0) is 59.7 Å². The third-order valence-corrected chi connectivity index (χ3v) is 10.9. The third-order valence-electron chi connectivity index (χ3n) is 6.48. The lowest BCUT2D eigenvalue weighted by Crippen LogP contribution is -2.32. The van der Waals surface area contributed by atoms with Crippen LogP contribution in [0.25, 0.3) is 0 Å². The first-order chi connectivity index (χ1) is 18.6. The molecule has 0 radical (unpaired) electrons. The summed E-state index contributed by atoms with van der Waals surface area (Å²) < 4.78 is 0. The van der Waals surface area contributed by atoms with Crippen LogP contribution in [0, 0.1) is 10.1 Å². The number of nitro benzene ring substituents is 1. The fraction of sp³-hybridized carbons (Fsp3) is 0.0312. The van der Waals surface area contributed by atoms with Crippen molar-refractivity contribution in [1.29, 1.82) is 0 Å². The molecule has 0 bridgehead atoms. The minimum Gasteiger partial charge on any atom is -0.278 e. The number of benzene rings is 5. The van der Waals surface area contributed by atoms with E-state index in [0.717, 1.165) is 11.7 Å². The van der Waals surface area contributed by atoms with Crippen LogP contribution in [0.2, 0.25) is 0 Å². The molecular formula is C32H27N3O2P+. The maximum absolute atomic E-state index is 10.8. The molecule has 0 aromatic heterocycles. The minimum atomic E-state index is -1.96. The van der Waals surface area contributed by atoms with Gasteiger partial charge >= 0.3 is 0 Å². The van der Waals surface area contributed by atoms with E-state index < -0.39 is 12.2 Å². The predicted molar refractivity (Wildman–Crippen MR) is 160 cm³/mol. The van der Waals surface area contributed by atoms with Crippen molar-refractivity contribution in [3.05, 3.63) is 161 Å². The summed E-state index contributed by atoms with van der Waals surface area (Å²) in [7, 11) is -1.96. The van der Waals surface area contributed by atoms with Gasteiger partial charge in [-0.15, -0.1) is 0 Å². The average molecular weight is 517 g/mol. The van der Waals surface area contributed by atoms with Crippen LogP contribution in [0.5, 0.6) is 0 Å². The molecule has 0 saturated heterocycles. The molecule has 186 valence electrons. The van der Waals surface area contributed by atoms with Crippen molar-refractivity contribution in [1.82, 2.24) is 0 Å². The van der Waals surface area contributed by atoms with Gasteiger partial charge < -0.3 is 0 Å². The van der Waals surface area contributed by atoms with E-state index in [-0.39, 0.29) is 5.69 Å². The van der Waals surface area contributed by atoms with Crippen molar-refractivity contribution in [2.75, 3.05) is 5.43 Å². The van der Waals surface area contributed by atoms with Gasteiger partial charge in [0.1, 0.15) is 23.2 Å². The van der Waals surface area contributed by atoms with Gasteiger partial charge in [0, 0.05) is 12.1 Å². The monoisotopic (exact) mass is 516 g/mol. The Morgan fingerprint density at radius 1 is 0.658 bits per heavy atom. The zero-order valence-corrected chi connectivity index (χ0v) is 21.6. The van der Waals surface area contributed by atoms with Gasteiger partial charge in [0.2, 0.25) is 0 Å². The number of nitrogens with zero attached hydrogens (tertiary/aromatic N) is 2. The molecule has 0 unspecified atom stereocenters. The molecule has 0 heterocycles. The molecule has 5 nitrogen and oxygen atoms in total. The molecule has 5 aromatic carbocycles. The summed E-state index contributed by atoms with van der Waals surface area (Å²) in [4.78, 5) is 10.4. The van der Waals surface area contributed by atoms with E-state index in [1.54, 1.807) is 18.3 Å². The molecular weight excluding hydrogens is 489 g/mol. The van der Waals surface area contributed by atoms with E-state index >= 15 is 0 Å². The molecule has 0 fully saturated rings. The number of hydrazone groups is 1. The van der Waals surface area contributed by atoms with Crippen molar-refractivity contribution >= 4 is 40.8 Å². The molecule has 1 N–H and O–H groups in total. The Labute approximate surface area is 223 Å². The lowest BCUT2D eigenvalue weighted by atomic mass is 10.2. The first kappa shape index (κ1) is 25.1. The molecule has 5 rings (SSSR count). The Hall–Kier alpha value is -4.60. The molecule has 0 atom stereocenters. The van der Waals surface area contributed by atoms with Crippen LogP contribution < -0.4 is 21.3 Å². The van der Waals surface area contributed by atoms with Crippen LogP contribution in [-0.2, 0) is 6.16 Å². The lowest BCUT2D eigenvalue weighted by molar-refractivity contribution is -0.384. The summed E-state index contributed by atoms with van der Waals surface area (Å²) in [6, 6.07) is 47.3. The highest BCUT2D eigenvalue weighted by molar-refractivity contribution is 7.95. The largest absolute Gasteiger partial charge is 0.278 e.